The van der Waals surface area contributed by atoms with Crippen LogP contribution in [0, 0.1) is 0 Å². The summed E-state index contributed by atoms with van der Waals surface area (Å²) >= 11 is 0. The summed E-state index contributed by atoms with van der Waals surface area (Å²) in [6.45, 7) is 7.20. The Kier molecular flexibility index (Phi) is 7.16. The summed E-state index contributed by atoms with van der Waals surface area (Å²) in [6, 6.07) is 0. The fourth-order valence-corrected chi connectivity index (χ4v) is 0.979. The van der Waals surface area contributed by atoms with Crippen LogP contribution in [0.25, 0.3) is 0 Å². The van der Waals surface area contributed by atoms with E-state index in [9.17, 15) is 5.11 Å². The molecule has 0 aromatic rings. The molecule has 0 spiro atoms. The highest BCUT2D eigenvalue weighted by Gasteiger charge is 1.99. The number of rotatable bonds is 7. The molecule has 0 radical (unpaired) electrons. The van der Waals surface area contributed by atoms with Crippen molar-refractivity contribution in [2.24, 2.45) is 0 Å². The van der Waals surface area contributed by atoms with Gasteiger partial charge in [0.2, 0.25) is 0 Å². The number of unbranched alkanes of at least 4 members (excludes halogenated alkanes) is 2. The van der Waals surface area contributed by atoms with Crippen LogP contribution in [0.4, 0.5) is 0 Å². The topological polar surface area (TPSA) is 20.2 Å². The standard InChI is InChI=1S/C10H18O/c1-3-5-6-7-9-10(11)8-4-2/h3-4,10-11H,1-2,5-9H2. The summed E-state index contributed by atoms with van der Waals surface area (Å²) in [7, 11) is 0. The van der Waals surface area contributed by atoms with Crippen molar-refractivity contribution in [1.29, 1.82) is 0 Å². The van der Waals surface area contributed by atoms with Gasteiger partial charge in [0.25, 0.3) is 0 Å². The molecule has 1 heteroatoms. The summed E-state index contributed by atoms with van der Waals surface area (Å²) in [5.41, 5.74) is 0. The van der Waals surface area contributed by atoms with Gasteiger partial charge in [-0.05, 0) is 25.7 Å². The predicted molar refractivity (Wildman–Crippen MR) is 49.5 cm³/mol. The van der Waals surface area contributed by atoms with Gasteiger partial charge in [-0.3, -0.25) is 0 Å². The molecule has 0 rings (SSSR count). The lowest BCUT2D eigenvalue weighted by Crippen LogP contribution is -2.03. The molecular weight excluding hydrogens is 136 g/mol. The van der Waals surface area contributed by atoms with E-state index in [0.29, 0.717) is 6.42 Å². The third kappa shape index (κ3) is 7.34. The molecule has 1 atom stereocenters. The first-order valence-electron chi connectivity index (χ1n) is 4.21. The number of aliphatic hydroxyl groups is 1. The molecule has 0 saturated heterocycles. The number of allylic oxidation sites excluding steroid dienone is 1. The van der Waals surface area contributed by atoms with E-state index in [4.69, 9.17) is 0 Å². The van der Waals surface area contributed by atoms with Crippen LogP contribution in [-0.4, -0.2) is 11.2 Å². The van der Waals surface area contributed by atoms with Gasteiger partial charge in [0.1, 0.15) is 0 Å². The molecule has 0 heterocycles. The van der Waals surface area contributed by atoms with E-state index in [-0.39, 0.29) is 6.10 Å². The summed E-state index contributed by atoms with van der Waals surface area (Å²) in [5, 5.41) is 9.25. The van der Waals surface area contributed by atoms with E-state index in [0.717, 1.165) is 25.7 Å². The van der Waals surface area contributed by atoms with E-state index >= 15 is 0 Å². The molecule has 1 nitrogen and oxygen atoms in total. The Morgan fingerprint density at radius 1 is 1.18 bits per heavy atom. The molecule has 64 valence electrons. The van der Waals surface area contributed by atoms with Crippen LogP contribution in [0.15, 0.2) is 25.3 Å². The quantitative estimate of drug-likeness (QED) is 0.441. The lowest BCUT2D eigenvalue weighted by atomic mass is 10.1. The van der Waals surface area contributed by atoms with E-state index in [1.807, 2.05) is 6.08 Å². The number of hydrogen-bond acceptors (Lipinski definition) is 1. The maximum Gasteiger partial charge on any atom is 0.0574 e. The van der Waals surface area contributed by atoms with Gasteiger partial charge in [0, 0.05) is 0 Å². The summed E-state index contributed by atoms with van der Waals surface area (Å²) in [6.07, 6.45) is 8.38. The van der Waals surface area contributed by atoms with Crippen LogP contribution < -0.4 is 0 Å². The highest BCUT2D eigenvalue weighted by molar-refractivity contribution is 4.72. The fraction of sp³-hybridized carbons (Fsp3) is 0.600. The van der Waals surface area contributed by atoms with Gasteiger partial charge in [-0.15, -0.1) is 13.2 Å². The van der Waals surface area contributed by atoms with Gasteiger partial charge < -0.3 is 5.11 Å². The zero-order valence-corrected chi connectivity index (χ0v) is 7.13. The minimum absolute atomic E-state index is 0.183. The van der Waals surface area contributed by atoms with Gasteiger partial charge in [-0.25, -0.2) is 0 Å². The van der Waals surface area contributed by atoms with Crippen LogP contribution in [0.2, 0.25) is 0 Å². The Morgan fingerprint density at radius 3 is 2.45 bits per heavy atom. The van der Waals surface area contributed by atoms with E-state index in [1.165, 1.54) is 0 Å². The second kappa shape index (κ2) is 7.55. The van der Waals surface area contributed by atoms with Crippen molar-refractivity contribution >= 4 is 0 Å². The SMILES string of the molecule is C=CCCCCC(O)CC=C. The van der Waals surface area contributed by atoms with Crippen molar-refractivity contribution in [2.45, 2.75) is 38.2 Å². The molecule has 0 aromatic carbocycles. The number of hydrogen-bond donors (Lipinski definition) is 1. The monoisotopic (exact) mass is 154 g/mol. The van der Waals surface area contributed by atoms with Crippen LogP contribution in [0.1, 0.15) is 32.1 Å². The Morgan fingerprint density at radius 2 is 1.91 bits per heavy atom. The van der Waals surface area contributed by atoms with Gasteiger partial charge in [-0.1, -0.05) is 18.6 Å². The second-order valence-electron chi connectivity index (χ2n) is 2.75. The first-order valence-corrected chi connectivity index (χ1v) is 4.21. The first-order chi connectivity index (χ1) is 5.31. The average Bonchev–Trinajstić information content (AvgIpc) is 1.99. The third-order valence-electron chi connectivity index (χ3n) is 1.63. The van der Waals surface area contributed by atoms with Crippen molar-refractivity contribution < 1.29 is 5.11 Å². The van der Waals surface area contributed by atoms with Crippen molar-refractivity contribution in [2.75, 3.05) is 0 Å². The minimum atomic E-state index is -0.183. The molecule has 0 aliphatic heterocycles. The molecular formula is C10H18O. The van der Waals surface area contributed by atoms with E-state index in [2.05, 4.69) is 13.2 Å². The zero-order valence-electron chi connectivity index (χ0n) is 7.13. The maximum absolute atomic E-state index is 9.25. The average molecular weight is 154 g/mol. The Balaban J connectivity index is 3.09. The number of aliphatic hydroxyl groups excluding tert-OH is 1. The molecule has 0 aliphatic carbocycles. The van der Waals surface area contributed by atoms with Gasteiger partial charge in [0.15, 0.2) is 0 Å². The molecule has 0 amide bonds. The summed E-state index contributed by atoms with van der Waals surface area (Å²) in [4.78, 5) is 0. The van der Waals surface area contributed by atoms with Crippen LogP contribution in [0.3, 0.4) is 0 Å². The van der Waals surface area contributed by atoms with E-state index in [1.54, 1.807) is 6.08 Å². The largest absolute Gasteiger partial charge is 0.393 e. The fourth-order valence-electron chi connectivity index (χ4n) is 0.979. The summed E-state index contributed by atoms with van der Waals surface area (Å²) in [5.74, 6) is 0. The van der Waals surface area contributed by atoms with Gasteiger partial charge >= 0.3 is 0 Å². The third-order valence-corrected chi connectivity index (χ3v) is 1.63. The molecule has 1 N–H and O–H groups in total. The van der Waals surface area contributed by atoms with E-state index < -0.39 is 0 Å². The molecule has 0 fully saturated rings. The predicted octanol–water partition coefficient (Wildman–Crippen LogP) is 2.67. The molecule has 0 saturated carbocycles. The molecule has 0 aromatic heterocycles. The normalized spacial score (nSPS) is 12.5. The minimum Gasteiger partial charge on any atom is -0.393 e. The van der Waals surface area contributed by atoms with Crippen LogP contribution in [-0.2, 0) is 0 Å². The molecule has 0 aliphatic rings. The van der Waals surface area contributed by atoms with Crippen molar-refractivity contribution in [3.05, 3.63) is 25.3 Å². The highest BCUT2D eigenvalue weighted by Crippen LogP contribution is 2.06. The zero-order chi connectivity index (χ0) is 8.53. The van der Waals surface area contributed by atoms with Gasteiger partial charge in [-0.2, -0.15) is 0 Å². The Bertz CT molecular complexity index is 107. The van der Waals surface area contributed by atoms with Gasteiger partial charge in [0.05, 0.1) is 6.10 Å². The Labute approximate surface area is 69.4 Å². The Hall–Kier alpha value is -0.560. The first kappa shape index (κ1) is 10.4. The van der Waals surface area contributed by atoms with Crippen molar-refractivity contribution in [1.82, 2.24) is 0 Å². The highest BCUT2D eigenvalue weighted by atomic mass is 16.3. The smallest absolute Gasteiger partial charge is 0.0574 e. The van der Waals surface area contributed by atoms with Crippen molar-refractivity contribution in [3.63, 3.8) is 0 Å². The van der Waals surface area contributed by atoms with Crippen LogP contribution in [0.5, 0.6) is 0 Å². The summed E-state index contributed by atoms with van der Waals surface area (Å²) < 4.78 is 0. The molecule has 1 unspecified atom stereocenters. The van der Waals surface area contributed by atoms with Crippen LogP contribution >= 0.6 is 0 Å². The van der Waals surface area contributed by atoms with Crippen molar-refractivity contribution in [3.8, 4) is 0 Å². The maximum atomic E-state index is 9.25. The molecule has 11 heavy (non-hydrogen) atoms. The second-order valence-corrected chi connectivity index (χ2v) is 2.75. The lowest BCUT2D eigenvalue weighted by Gasteiger charge is -2.05. The lowest BCUT2D eigenvalue weighted by molar-refractivity contribution is 0.164. The molecule has 0 bridgehead atoms.